The summed E-state index contributed by atoms with van der Waals surface area (Å²) in [6, 6.07) is 11.9. The van der Waals surface area contributed by atoms with Gasteiger partial charge in [0.2, 0.25) is 0 Å². The lowest BCUT2D eigenvalue weighted by atomic mass is 10.0. The van der Waals surface area contributed by atoms with Gasteiger partial charge in [0, 0.05) is 62.7 Å². The fourth-order valence-corrected chi connectivity index (χ4v) is 4.16. The predicted molar refractivity (Wildman–Crippen MR) is 123 cm³/mol. The van der Waals surface area contributed by atoms with Gasteiger partial charge in [-0.3, -0.25) is 14.9 Å². The summed E-state index contributed by atoms with van der Waals surface area (Å²) in [6.45, 7) is 2.73. The van der Waals surface area contributed by atoms with E-state index in [-0.39, 0.29) is 11.7 Å². The standard InChI is InChI=1S/C25H26F3N5O/c26-25(27,28)21-6-1-7-22(14-21)31-24(34)33(18-20-5-3-11-30-16-20)23-8-12-32(13-9-23)17-19-4-2-10-29-15-19/h1-7,10-11,14-16,23H,8-9,12-13,17-18H2,(H,31,34). The number of nitrogens with zero attached hydrogens (tertiary/aromatic N) is 4. The van der Waals surface area contributed by atoms with E-state index in [1.54, 1.807) is 29.6 Å². The fraction of sp³-hybridized carbons (Fsp3) is 0.320. The number of benzene rings is 1. The van der Waals surface area contributed by atoms with Crippen LogP contribution in [0.25, 0.3) is 0 Å². The average Bonchev–Trinajstić information content (AvgIpc) is 2.84. The lowest BCUT2D eigenvalue weighted by Crippen LogP contribution is -2.48. The van der Waals surface area contributed by atoms with Crippen LogP contribution in [-0.4, -0.2) is 44.9 Å². The Labute approximate surface area is 196 Å². The monoisotopic (exact) mass is 469 g/mol. The number of carbonyl (C=O) groups excluding carboxylic acids is 1. The molecule has 0 saturated carbocycles. The fourth-order valence-electron chi connectivity index (χ4n) is 4.16. The molecule has 34 heavy (non-hydrogen) atoms. The summed E-state index contributed by atoms with van der Waals surface area (Å²) in [5.74, 6) is 0. The van der Waals surface area contributed by atoms with E-state index in [9.17, 15) is 18.0 Å². The molecule has 1 fully saturated rings. The molecule has 0 radical (unpaired) electrons. The summed E-state index contributed by atoms with van der Waals surface area (Å²) in [7, 11) is 0. The Bertz CT molecular complexity index is 1070. The number of aromatic nitrogens is 2. The molecule has 0 aliphatic carbocycles. The molecule has 6 nitrogen and oxygen atoms in total. The first kappa shape index (κ1) is 23.7. The summed E-state index contributed by atoms with van der Waals surface area (Å²) >= 11 is 0. The highest BCUT2D eigenvalue weighted by Crippen LogP contribution is 2.31. The van der Waals surface area contributed by atoms with Gasteiger partial charge in [0.15, 0.2) is 0 Å². The number of pyridine rings is 2. The van der Waals surface area contributed by atoms with E-state index in [2.05, 4.69) is 20.2 Å². The van der Waals surface area contributed by atoms with Crippen LogP contribution in [0.3, 0.4) is 0 Å². The van der Waals surface area contributed by atoms with Crippen molar-refractivity contribution in [1.29, 1.82) is 0 Å². The smallest absolute Gasteiger partial charge is 0.317 e. The molecule has 1 saturated heterocycles. The van der Waals surface area contributed by atoms with Crippen LogP contribution in [0.4, 0.5) is 23.7 Å². The summed E-state index contributed by atoms with van der Waals surface area (Å²) in [5, 5.41) is 2.67. The normalized spacial score (nSPS) is 15.1. The number of likely N-dealkylation sites (tertiary alicyclic amines) is 1. The van der Waals surface area contributed by atoms with E-state index in [4.69, 9.17) is 0 Å². The second kappa shape index (κ2) is 10.6. The van der Waals surface area contributed by atoms with Crippen molar-refractivity contribution < 1.29 is 18.0 Å². The van der Waals surface area contributed by atoms with Gasteiger partial charge >= 0.3 is 12.2 Å². The van der Waals surface area contributed by atoms with Crippen molar-refractivity contribution in [3.63, 3.8) is 0 Å². The number of urea groups is 1. The molecule has 0 atom stereocenters. The van der Waals surface area contributed by atoms with Crippen molar-refractivity contribution in [2.75, 3.05) is 18.4 Å². The van der Waals surface area contributed by atoms with Crippen LogP contribution < -0.4 is 5.32 Å². The van der Waals surface area contributed by atoms with Gasteiger partial charge < -0.3 is 10.2 Å². The van der Waals surface area contributed by atoms with Crippen molar-refractivity contribution in [2.45, 2.75) is 38.1 Å². The Morgan fingerprint density at radius 2 is 1.68 bits per heavy atom. The molecular weight excluding hydrogens is 443 g/mol. The first-order valence-corrected chi connectivity index (χ1v) is 11.1. The van der Waals surface area contributed by atoms with Crippen molar-refractivity contribution in [3.05, 3.63) is 90.0 Å². The molecule has 0 bridgehead atoms. The molecule has 2 aromatic heterocycles. The van der Waals surface area contributed by atoms with Gasteiger partial charge in [-0.1, -0.05) is 18.2 Å². The number of carbonyl (C=O) groups is 1. The van der Waals surface area contributed by atoms with Crippen LogP contribution in [0, 0.1) is 0 Å². The number of hydrogen-bond donors (Lipinski definition) is 1. The van der Waals surface area contributed by atoms with Gasteiger partial charge in [-0.25, -0.2) is 4.79 Å². The van der Waals surface area contributed by atoms with E-state index in [0.717, 1.165) is 55.7 Å². The molecular formula is C25H26F3N5O. The summed E-state index contributed by atoms with van der Waals surface area (Å²) in [6.07, 6.45) is 4.00. The molecule has 0 unspecified atom stereocenters. The zero-order valence-corrected chi connectivity index (χ0v) is 18.6. The Hall–Kier alpha value is -3.46. The number of halogens is 3. The molecule has 3 aromatic rings. The van der Waals surface area contributed by atoms with Crippen molar-refractivity contribution in [3.8, 4) is 0 Å². The molecule has 178 valence electrons. The van der Waals surface area contributed by atoms with Gasteiger partial charge in [-0.05, 0) is 54.3 Å². The molecule has 9 heteroatoms. The van der Waals surface area contributed by atoms with E-state index in [0.29, 0.717) is 6.54 Å². The third-order valence-corrected chi connectivity index (χ3v) is 5.90. The van der Waals surface area contributed by atoms with E-state index >= 15 is 0 Å². The lowest BCUT2D eigenvalue weighted by Gasteiger charge is -2.38. The van der Waals surface area contributed by atoms with E-state index < -0.39 is 17.8 Å². The first-order valence-electron chi connectivity index (χ1n) is 11.1. The molecule has 1 aliphatic rings. The van der Waals surface area contributed by atoms with Crippen molar-refractivity contribution >= 4 is 11.7 Å². The van der Waals surface area contributed by atoms with Gasteiger partial charge in [-0.2, -0.15) is 13.2 Å². The van der Waals surface area contributed by atoms with Crippen LogP contribution in [0.2, 0.25) is 0 Å². The Kier molecular flexibility index (Phi) is 7.42. The highest BCUT2D eigenvalue weighted by atomic mass is 19.4. The highest BCUT2D eigenvalue weighted by Gasteiger charge is 2.31. The molecule has 4 rings (SSSR count). The Morgan fingerprint density at radius 1 is 1.00 bits per heavy atom. The van der Waals surface area contributed by atoms with Gasteiger partial charge in [0.05, 0.1) is 5.56 Å². The number of hydrogen-bond acceptors (Lipinski definition) is 4. The largest absolute Gasteiger partial charge is 0.416 e. The van der Waals surface area contributed by atoms with E-state index in [1.807, 2.05) is 24.4 Å². The number of alkyl halides is 3. The maximum absolute atomic E-state index is 13.2. The zero-order valence-electron chi connectivity index (χ0n) is 18.6. The third kappa shape index (κ3) is 6.32. The van der Waals surface area contributed by atoms with Gasteiger partial charge in [-0.15, -0.1) is 0 Å². The van der Waals surface area contributed by atoms with Crippen molar-refractivity contribution in [1.82, 2.24) is 19.8 Å². The molecule has 0 spiro atoms. The number of rotatable bonds is 6. The number of amides is 2. The molecule has 1 aromatic carbocycles. The summed E-state index contributed by atoms with van der Waals surface area (Å²) < 4.78 is 39.3. The first-order chi connectivity index (χ1) is 16.4. The van der Waals surface area contributed by atoms with Crippen molar-refractivity contribution in [2.24, 2.45) is 0 Å². The number of piperidine rings is 1. The quantitative estimate of drug-likeness (QED) is 0.540. The minimum Gasteiger partial charge on any atom is -0.317 e. The maximum Gasteiger partial charge on any atom is 0.416 e. The SMILES string of the molecule is O=C(Nc1cccc(C(F)(F)F)c1)N(Cc1cccnc1)C1CCN(Cc2cccnc2)CC1. The van der Waals surface area contributed by atoms with Crippen LogP contribution >= 0.6 is 0 Å². The topological polar surface area (TPSA) is 61.4 Å². The van der Waals surface area contributed by atoms with Gasteiger partial charge in [0.1, 0.15) is 0 Å². The second-order valence-corrected chi connectivity index (χ2v) is 8.37. The molecule has 2 amide bonds. The molecule has 3 heterocycles. The molecule has 1 N–H and O–H groups in total. The van der Waals surface area contributed by atoms with Crippen LogP contribution in [0.5, 0.6) is 0 Å². The minimum atomic E-state index is -4.47. The summed E-state index contributed by atoms with van der Waals surface area (Å²) in [4.78, 5) is 25.6. The minimum absolute atomic E-state index is 0.0452. The average molecular weight is 470 g/mol. The zero-order chi connectivity index (χ0) is 24.0. The van der Waals surface area contributed by atoms with E-state index in [1.165, 1.54) is 12.1 Å². The predicted octanol–water partition coefficient (Wildman–Crippen LogP) is 5.19. The highest BCUT2D eigenvalue weighted by molar-refractivity contribution is 5.89. The molecule has 1 aliphatic heterocycles. The van der Waals surface area contributed by atoms with Crippen LogP contribution in [0.1, 0.15) is 29.5 Å². The lowest BCUT2D eigenvalue weighted by molar-refractivity contribution is -0.137. The third-order valence-electron chi connectivity index (χ3n) is 5.90. The van der Waals surface area contributed by atoms with Gasteiger partial charge in [0.25, 0.3) is 0 Å². The number of nitrogens with one attached hydrogen (secondary N) is 1. The Balaban J connectivity index is 1.46. The van der Waals surface area contributed by atoms with Crippen LogP contribution in [-0.2, 0) is 19.3 Å². The number of anilines is 1. The maximum atomic E-state index is 13.2. The van der Waals surface area contributed by atoms with Crippen LogP contribution in [0.15, 0.2) is 73.3 Å². The summed E-state index contributed by atoms with van der Waals surface area (Å²) in [5.41, 5.74) is 1.31. The second-order valence-electron chi connectivity index (χ2n) is 8.37. The Morgan fingerprint density at radius 3 is 2.29 bits per heavy atom.